The number of benzene rings is 1. The van der Waals surface area contributed by atoms with Crippen molar-refractivity contribution >= 4 is 31.9 Å². The lowest BCUT2D eigenvalue weighted by Crippen LogP contribution is -1.96. The maximum Gasteiger partial charge on any atom is 0.00719 e. The van der Waals surface area contributed by atoms with Crippen LogP contribution in [0, 0.1) is 6.92 Å². The predicted molar refractivity (Wildman–Crippen MR) is 66.2 cm³/mol. The first-order valence-corrected chi connectivity index (χ1v) is 6.73. The minimum absolute atomic E-state index is 1.05. The molecule has 0 atom stereocenters. The fourth-order valence-corrected chi connectivity index (χ4v) is 2.34. The average Bonchev–Trinajstić information content (AvgIpc) is 2.13. The molecule has 0 amide bonds. The highest BCUT2D eigenvalue weighted by Crippen LogP contribution is 2.16. The van der Waals surface area contributed by atoms with Crippen LogP contribution in [0.25, 0.3) is 0 Å². The molecule has 1 aromatic rings. The quantitative estimate of drug-likeness (QED) is 0.741. The highest BCUT2D eigenvalue weighted by Gasteiger charge is 2.02. The Morgan fingerprint density at radius 3 is 1.85 bits per heavy atom. The Morgan fingerprint density at radius 1 is 1.00 bits per heavy atom. The first kappa shape index (κ1) is 11.3. The van der Waals surface area contributed by atoms with Crippen LogP contribution in [-0.4, -0.2) is 10.7 Å². The molecular weight excluding hydrogens is 292 g/mol. The van der Waals surface area contributed by atoms with Gasteiger partial charge >= 0.3 is 0 Å². The Labute approximate surface area is 97.0 Å². The van der Waals surface area contributed by atoms with Crippen LogP contribution < -0.4 is 0 Å². The zero-order chi connectivity index (χ0) is 9.68. The molecule has 0 aromatic heterocycles. The van der Waals surface area contributed by atoms with Gasteiger partial charge in [0, 0.05) is 10.7 Å². The highest BCUT2D eigenvalue weighted by atomic mass is 79.9. The third-order valence-electron chi connectivity index (χ3n) is 2.29. The van der Waals surface area contributed by atoms with Crippen LogP contribution in [0.5, 0.6) is 0 Å². The van der Waals surface area contributed by atoms with Crippen molar-refractivity contribution in [1.29, 1.82) is 0 Å². The van der Waals surface area contributed by atoms with E-state index in [-0.39, 0.29) is 0 Å². The van der Waals surface area contributed by atoms with Crippen molar-refractivity contribution in [3.8, 4) is 0 Å². The Kier molecular flexibility index (Phi) is 5.04. The van der Waals surface area contributed by atoms with Crippen molar-refractivity contribution in [1.82, 2.24) is 0 Å². The van der Waals surface area contributed by atoms with Crippen LogP contribution in [0.1, 0.15) is 16.7 Å². The van der Waals surface area contributed by atoms with Gasteiger partial charge in [-0.15, -0.1) is 0 Å². The average molecular weight is 306 g/mol. The maximum atomic E-state index is 3.47. The molecule has 0 N–H and O–H groups in total. The van der Waals surface area contributed by atoms with Crippen LogP contribution in [0.4, 0.5) is 0 Å². The summed E-state index contributed by atoms with van der Waals surface area (Å²) in [6.07, 6.45) is 2.25. The van der Waals surface area contributed by atoms with Gasteiger partial charge in [0.05, 0.1) is 0 Å². The summed E-state index contributed by atoms with van der Waals surface area (Å²) < 4.78 is 0. The third-order valence-corrected chi connectivity index (χ3v) is 3.08. The van der Waals surface area contributed by atoms with Gasteiger partial charge in [0.1, 0.15) is 0 Å². The van der Waals surface area contributed by atoms with Gasteiger partial charge in [-0.1, -0.05) is 50.1 Å². The Morgan fingerprint density at radius 2 is 1.46 bits per heavy atom. The summed E-state index contributed by atoms with van der Waals surface area (Å²) in [4.78, 5) is 0. The van der Waals surface area contributed by atoms with Crippen molar-refractivity contribution < 1.29 is 0 Å². The van der Waals surface area contributed by atoms with E-state index < -0.39 is 0 Å². The van der Waals surface area contributed by atoms with E-state index in [4.69, 9.17) is 0 Å². The van der Waals surface area contributed by atoms with Crippen LogP contribution >= 0.6 is 31.9 Å². The van der Waals surface area contributed by atoms with E-state index >= 15 is 0 Å². The number of rotatable bonds is 4. The minimum atomic E-state index is 1.05. The van der Waals surface area contributed by atoms with Gasteiger partial charge in [-0.3, -0.25) is 0 Å². The molecule has 1 aromatic carbocycles. The topological polar surface area (TPSA) is 0 Å². The van der Waals surface area contributed by atoms with Crippen molar-refractivity contribution in [3.63, 3.8) is 0 Å². The standard InChI is InChI=1S/C11H14Br2/c1-9-10(5-7-12)3-2-4-11(9)6-8-13/h2-4H,5-8H2,1H3. The molecule has 0 aliphatic heterocycles. The Hall–Kier alpha value is 0.180. The highest BCUT2D eigenvalue weighted by molar-refractivity contribution is 9.09. The normalized spacial score (nSPS) is 10.4. The lowest BCUT2D eigenvalue weighted by Gasteiger charge is -2.08. The van der Waals surface area contributed by atoms with Crippen molar-refractivity contribution in [2.75, 3.05) is 10.7 Å². The van der Waals surface area contributed by atoms with E-state index in [9.17, 15) is 0 Å². The third kappa shape index (κ3) is 3.10. The number of alkyl halides is 2. The van der Waals surface area contributed by atoms with Gasteiger partial charge in [-0.25, -0.2) is 0 Å². The molecular formula is C11H14Br2. The molecule has 0 spiro atoms. The lowest BCUT2D eigenvalue weighted by molar-refractivity contribution is 1.07. The van der Waals surface area contributed by atoms with E-state index in [0.717, 1.165) is 23.5 Å². The molecule has 0 saturated heterocycles. The number of hydrogen-bond donors (Lipinski definition) is 0. The summed E-state index contributed by atoms with van der Waals surface area (Å²) in [5.41, 5.74) is 4.40. The number of halogens is 2. The summed E-state index contributed by atoms with van der Waals surface area (Å²) in [5.74, 6) is 0. The zero-order valence-corrected chi connectivity index (χ0v) is 11.0. The maximum absolute atomic E-state index is 3.47. The molecule has 72 valence electrons. The van der Waals surface area contributed by atoms with Crippen molar-refractivity contribution in [2.24, 2.45) is 0 Å². The molecule has 0 fully saturated rings. The molecule has 0 aliphatic rings. The SMILES string of the molecule is Cc1c(CCBr)cccc1CCBr. The van der Waals surface area contributed by atoms with Gasteiger partial charge in [0.15, 0.2) is 0 Å². The molecule has 1 rings (SSSR count). The van der Waals surface area contributed by atoms with Gasteiger partial charge in [0.2, 0.25) is 0 Å². The summed E-state index contributed by atoms with van der Waals surface area (Å²) in [7, 11) is 0. The monoisotopic (exact) mass is 304 g/mol. The second-order valence-corrected chi connectivity index (χ2v) is 4.67. The second kappa shape index (κ2) is 5.82. The largest absolute Gasteiger partial charge is 0.0924 e. The van der Waals surface area contributed by atoms with Gasteiger partial charge in [-0.2, -0.15) is 0 Å². The van der Waals surface area contributed by atoms with Crippen molar-refractivity contribution in [3.05, 3.63) is 34.9 Å². The summed E-state index contributed by atoms with van der Waals surface area (Å²) in [5, 5.41) is 2.09. The van der Waals surface area contributed by atoms with E-state index in [1.165, 1.54) is 16.7 Å². The Bertz CT molecular complexity index is 245. The van der Waals surface area contributed by atoms with E-state index in [0.29, 0.717) is 0 Å². The second-order valence-electron chi connectivity index (χ2n) is 3.08. The zero-order valence-electron chi connectivity index (χ0n) is 7.82. The number of hydrogen-bond acceptors (Lipinski definition) is 0. The van der Waals surface area contributed by atoms with E-state index in [2.05, 4.69) is 57.0 Å². The van der Waals surface area contributed by atoms with E-state index in [1.807, 2.05) is 0 Å². The molecule has 0 heterocycles. The molecule has 0 radical (unpaired) electrons. The molecule has 0 nitrogen and oxygen atoms in total. The first-order chi connectivity index (χ1) is 6.29. The fraction of sp³-hybridized carbons (Fsp3) is 0.455. The number of aryl methyl sites for hydroxylation is 2. The molecule has 2 heteroatoms. The molecule has 0 aliphatic carbocycles. The summed E-state index contributed by atoms with van der Waals surface area (Å²) in [6, 6.07) is 6.59. The molecule has 13 heavy (non-hydrogen) atoms. The van der Waals surface area contributed by atoms with Gasteiger partial charge in [0.25, 0.3) is 0 Å². The minimum Gasteiger partial charge on any atom is -0.0924 e. The summed E-state index contributed by atoms with van der Waals surface area (Å²) in [6.45, 7) is 2.22. The predicted octanol–water partition coefficient (Wildman–Crippen LogP) is 3.87. The molecule has 0 unspecified atom stereocenters. The van der Waals surface area contributed by atoms with Crippen LogP contribution in [-0.2, 0) is 12.8 Å². The van der Waals surface area contributed by atoms with Crippen molar-refractivity contribution in [2.45, 2.75) is 19.8 Å². The van der Waals surface area contributed by atoms with Crippen LogP contribution in [0.2, 0.25) is 0 Å². The van der Waals surface area contributed by atoms with E-state index in [1.54, 1.807) is 0 Å². The summed E-state index contributed by atoms with van der Waals surface area (Å²) >= 11 is 6.95. The molecule has 0 bridgehead atoms. The van der Waals surface area contributed by atoms with Gasteiger partial charge < -0.3 is 0 Å². The lowest BCUT2D eigenvalue weighted by atomic mass is 9.99. The smallest absolute Gasteiger partial charge is 0.00719 e. The fourth-order valence-electron chi connectivity index (χ4n) is 1.48. The Balaban J connectivity index is 2.89. The van der Waals surface area contributed by atoms with Crippen LogP contribution in [0.3, 0.4) is 0 Å². The molecule has 0 saturated carbocycles. The van der Waals surface area contributed by atoms with Crippen LogP contribution in [0.15, 0.2) is 18.2 Å². The van der Waals surface area contributed by atoms with Gasteiger partial charge in [-0.05, 0) is 36.5 Å². The first-order valence-electron chi connectivity index (χ1n) is 4.49.